The van der Waals surface area contributed by atoms with Gasteiger partial charge in [-0.05, 0) is 36.8 Å². The zero-order valence-electron chi connectivity index (χ0n) is 15.1. The average molecular weight is 384 g/mol. The summed E-state index contributed by atoms with van der Waals surface area (Å²) in [6, 6.07) is 19.6. The molecule has 1 N–H and O–H groups in total. The number of imidazole rings is 1. The van der Waals surface area contributed by atoms with Crippen molar-refractivity contribution in [2.75, 3.05) is 5.32 Å². The molecule has 136 valence electrons. The second-order valence-corrected chi connectivity index (χ2v) is 7.65. The van der Waals surface area contributed by atoms with Crippen LogP contribution in [0.3, 0.4) is 0 Å². The first kappa shape index (κ1) is 16.6. The maximum atomic E-state index is 12.7. The van der Waals surface area contributed by atoms with E-state index < -0.39 is 0 Å². The summed E-state index contributed by atoms with van der Waals surface area (Å²) < 4.78 is 2.98. The third-order valence-electron chi connectivity index (χ3n) is 4.56. The minimum Gasteiger partial charge on any atom is -0.306 e. The van der Waals surface area contributed by atoms with E-state index in [-0.39, 0.29) is 5.91 Å². The topological polar surface area (TPSA) is 59.3 Å². The summed E-state index contributed by atoms with van der Waals surface area (Å²) in [7, 11) is 0. The van der Waals surface area contributed by atoms with E-state index in [1.807, 2.05) is 66.2 Å². The molecule has 0 unspecified atom stereocenters. The van der Waals surface area contributed by atoms with Crippen LogP contribution in [0.1, 0.15) is 15.9 Å². The quantitative estimate of drug-likeness (QED) is 0.467. The molecule has 5 nitrogen and oxygen atoms in total. The highest BCUT2D eigenvalue weighted by molar-refractivity contribution is 7.22. The number of amides is 1. The van der Waals surface area contributed by atoms with E-state index in [2.05, 4.69) is 21.4 Å². The molecular formula is C22H16N4OS. The summed E-state index contributed by atoms with van der Waals surface area (Å²) in [6.45, 7) is 2.04. The molecule has 0 aliphatic rings. The SMILES string of the molecule is Cc1ccc2nc(NC(=O)c3ccn4cc(-c5ccccc5)nc4c3)sc2c1. The zero-order chi connectivity index (χ0) is 19.1. The van der Waals surface area contributed by atoms with Crippen molar-refractivity contribution in [3.8, 4) is 11.3 Å². The molecule has 0 fully saturated rings. The van der Waals surface area contributed by atoms with Gasteiger partial charge in [-0.15, -0.1) is 0 Å². The van der Waals surface area contributed by atoms with Crippen LogP contribution in [0.2, 0.25) is 0 Å². The van der Waals surface area contributed by atoms with E-state index in [0.29, 0.717) is 10.7 Å². The van der Waals surface area contributed by atoms with Crippen LogP contribution in [0.15, 0.2) is 73.1 Å². The van der Waals surface area contributed by atoms with Gasteiger partial charge in [-0.3, -0.25) is 10.1 Å². The minimum absolute atomic E-state index is 0.192. The van der Waals surface area contributed by atoms with Crippen LogP contribution in [0.25, 0.3) is 27.1 Å². The van der Waals surface area contributed by atoms with Crippen molar-refractivity contribution < 1.29 is 4.79 Å². The number of aromatic nitrogens is 3. The van der Waals surface area contributed by atoms with E-state index in [1.165, 1.54) is 16.9 Å². The Balaban J connectivity index is 1.43. The smallest absolute Gasteiger partial charge is 0.257 e. The third-order valence-corrected chi connectivity index (χ3v) is 5.49. The van der Waals surface area contributed by atoms with E-state index in [4.69, 9.17) is 0 Å². The molecule has 0 saturated heterocycles. The maximum Gasteiger partial charge on any atom is 0.257 e. The second kappa shape index (κ2) is 6.58. The molecule has 1 amide bonds. The lowest BCUT2D eigenvalue weighted by molar-refractivity contribution is 0.102. The summed E-state index contributed by atoms with van der Waals surface area (Å²) in [5, 5.41) is 3.50. The molecule has 0 atom stereocenters. The van der Waals surface area contributed by atoms with Crippen molar-refractivity contribution in [1.29, 1.82) is 0 Å². The maximum absolute atomic E-state index is 12.7. The lowest BCUT2D eigenvalue weighted by Crippen LogP contribution is -2.11. The molecule has 3 aromatic heterocycles. The Bertz CT molecular complexity index is 1320. The van der Waals surface area contributed by atoms with Gasteiger partial charge in [0.1, 0.15) is 5.65 Å². The second-order valence-electron chi connectivity index (χ2n) is 6.62. The molecule has 3 heterocycles. The van der Waals surface area contributed by atoms with Gasteiger partial charge in [0.25, 0.3) is 5.91 Å². The highest BCUT2D eigenvalue weighted by Gasteiger charge is 2.12. The number of fused-ring (bicyclic) bond motifs is 2. The number of thiazole rings is 1. The van der Waals surface area contributed by atoms with E-state index in [0.717, 1.165) is 27.1 Å². The van der Waals surface area contributed by atoms with Crippen LogP contribution in [0.5, 0.6) is 0 Å². The van der Waals surface area contributed by atoms with Gasteiger partial charge in [0.05, 0.1) is 15.9 Å². The van der Waals surface area contributed by atoms with Crippen LogP contribution in [0, 0.1) is 6.92 Å². The summed E-state index contributed by atoms with van der Waals surface area (Å²) in [4.78, 5) is 21.8. The molecule has 28 heavy (non-hydrogen) atoms. The van der Waals surface area contributed by atoms with Crippen molar-refractivity contribution in [3.05, 3.63) is 84.2 Å². The Hall–Kier alpha value is -3.51. The van der Waals surface area contributed by atoms with Gasteiger partial charge in [-0.25, -0.2) is 9.97 Å². The molecule has 6 heteroatoms. The van der Waals surface area contributed by atoms with E-state index in [1.54, 1.807) is 12.1 Å². The van der Waals surface area contributed by atoms with Crippen molar-refractivity contribution in [1.82, 2.24) is 14.4 Å². The number of carbonyl (C=O) groups is 1. The average Bonchev–Trinajstić information content (AvgIpc) is 3.31. The monoisotopic (exact) mass is 384 g/mol. The Kier molecular flexibility index (Phi) is 3.91. The van der Waals surface area contributed by atoms with E-state index in [9.17, 15) is 4.79 Å². The van der Waals surface area contributed by atoms with E-state index >= 15 is 0 Å². The molecule has 0 saturated carbocycles. The van der Waals surface area contributed by atoms with Gasteiger partial charge < -0.3 is 4.40 Å². The Morgan fingerprint density at radius 1 is 1.04 bits per heavy atom. The van der Waals surface area contributed by atoms with Gasteiger partial charge in [0.2, 0.25) is 0 Å². The fourth-order valence-corrected chi connectivity index (χ4v) is 4.08. The summed E-state index contributed by atoms with van der Waals surface area (Å²) >= 11 is 1.48. The molecular weight excluding hydrogens is 368 g/mol. The van der Waals surface area contributed by atoms with Crippen molar-refractivity contribution >= 4 is 38.2 Å². The highest BCUT2D eigenvalue weighted by atomic mass is 32.1. The number of benzene rings is 2. The number of nitrogens with one attached hydrogen (secondary N) is 1. The highest BCUT2D eigenvalue weighted by Crippen LogP contribution is 2.27. The number of hydrogen-bond acceptors (Lipinski definition) is 4. The lowest BCUT2D eigenvalue weighted by atomic mass is 10.2. The predicted octanol–water partition coefficient (Wildman–Crippen LogP) is 5.17. The number of carbonyl (C=O) groups excluding carboxylic acids is 1. The van der Waals surface area contributed by atoms with Crippen molar-refractivity contribution in [2.24, 2.45) is 0 Å². The van der Waals surface area contributed by atoms with Gasteiger partial charge in [0.15, 0.2) is 5.13 Å². The van der Waals surface area contributed by atoms with Crippen LogP contribution in [-0.4, -0.2) is 20.3 Å². The fourth-order valence-electron chi connectivity index (χ4n) is 3.13. The standard InChI is InChI=1S/C22H16N4OS/c1-14-7-8-17-19(11-14)28-22(24-17)25-21(27)16-9-10-26-13-18(23-20(26)12-16)15-5-3-2-4-6-15/h2-13H,1H3,(H,24,25,27). The van der Waals surface area contributed by atoms with Gasteiger partial charge in [0, 0.05) is 23.5 Å². The molecule has 0 bridgehead atoms. The largest absolute Gasteiger partial charge is 0.306 e. The van der Waals surface area contributed by atoms with Crippen molar-refractivity contribution in [3.63, 3.8) is 0 Å². The molecule has 5 rings (SSSR count). The first-order valence-corrected chi connectivity index (χ1v) is 9.70. The van der Waals surface area contributed by atoms with Gasteiger partial charge >= 0.3 is 0 Å². The van der Waals surface area contributed by atoms with Gasteiger partial charge in [-0.2, -0.15) is 0 Å². The molecule has 0 aliphatic carbocycles. The Morgan fingerprint density at radius 2 is 1.89 bits per heavy atom. The minimum atomic E-state index is -0.192. The number of nitrogens with zero attached hydrogens (tertiary/aromatic N) is 3. The molecule has 5 aromatic rings. The predicted molar refractivity (Wildman–Crippen MR) is 113 cm³/mol. The molecule has 0 spiro atoms. The number of hydrogen-bond donors (Lipinski definition) is 1. The lowest BCUT2D eigenvalue weighted by Gasteiger charge is -2.02. The first-order chi connectivity index (χ1) is 13.7. The summed E-state index contributed by atoms with van der Waals surface area (Å²) in [5.74, 6) is -0.192. The molecule has 0 radical (unpaired) electrons. The van der Waals surface area contributed by atoms with Crippen molar-refractivity contribution in [2.45, 2.75) is 6.92 Å². The van der Waals surface area contributed by atoms with Crippen LogP contribution in [0.4, 0.5) is 5.13 Å². The number of aryl methyl sites for hydroxylation is 1. The fraction of sp³-hybridized carbons (Fsp3) is 0.0455. The summed E-state index contributed by atoms with van der Waals surface area (Å²) in [6.07, 6.45) is 3.81. The van der Waals surface area contributed by atoms with Crippen LogP contribution in [-0.2, 0) is 0 Å². The number of rotatable bonds is 3. The summed E-state index contributed by atoms with van der Waals surface area (Å²) in [5.41, 5.74) is 5.26. The first-order valence-electron chi connectivity index (χ1n) is 8.88. The zero-order valence-corrected chi connectivity index (χ0v) is 15.9. The molecule has 0 aliphatic heterocycles. The van der Waals surface area contributed by atoms with Crippen LogP contribution < -0.4 is 5.32 Å². The number of pyridine rings is 1. The third kappa shape index (κ3) is 3.04. The number of anilines is 1. The van der Waals surface area contributed by atoms with Gasteiger partial charge in [-0.1, -0.05) is 47.7 Å². The molecule has 2 aromatic carbocycles. The Labute approximate surface area is 165 Å². The Morgan fingerprint density at radius 3 is 2.75 bits per heavy atom. The normalized spacial score (nSPS) is 11.2. The van der Waals surface area contributed by atoms with Crippen LogP contribution >= 0.6 is 11.3 Å².